The van der Waals surface area contributed by atoms with Crippen molar-refractivity contribution in [3.63, 3.8) is 0 Å². The minimum atomic E-state index is 0.482. The first-order chi connectivity index (χ1) is 10.3. The van der Waals surface area contributed by atoms with Crippen LogP contribution in [0, 0.1) is 0 Å². The summed E-state index contributed by atoms with van der Waals surface area (Å²) in [5.41, 5.74) is 3.91. The Hall–Kier alpha value is -1.70. The van der Waals surface area contributed by atoms with Gasteiger partial charge >= 0.3 is 0 Å². The van der Waals surface area contributed by atoms with E-state index in [1.54, 1.807) is 22.7 Å². The van der Waals surface area contributed by atoms with Gasteiger partial charge in [0.1, 0.15) is 10.6 Å². The van der Waals surface area contributed by atoms with Crippen LogP contribution in [0.15, 0.2) is 28.3 Å². The summed E-state index contributed by atoms with van der Waals surface area (Å²) in [6, 6.07) is 4.85. The third-order valence-corrected chi connectivity index (χ3v) is 5.17. The Morgan fingerprint density at radius 1 is 1.29 bits per heavy atom. The molecule has 5 nitrogen and oxygen atoms in total. The number of fused-ring (bicyclic) bond motifs is 1. The number of nitrogens with two attached hydrogens (primary N) is 1. The van der Waals surface area contributed by atoms with Gasteiger partial charge in [-0.05, 0) is 46.7 Å². The van der Waals surface area contributed by atoms with E-state index in [-0.39, 0.29) is 0 Å². The Bertz CT molecular complexity index is 748. The molecule has 3 N–H and O–H groups in total. The average Bonchev–Trinajstić information content (AvgIpc) is 3.02. The van der Waals surface area contributed by atoms with Crippen molar-refractivity contribution >= 4 is 44.7 Å². The van der Waals surface area contributed by atoms with Crippen molar-refractivity contribution in [2.75, 3.05) is 10.3 Å². The lowest BCUT2D eigenvalue weighted by molar-refractivity contribution is 0.783. The lowest BCUT2D eigenvalue weighted by atomic mass is 10.2. The molecule has 0 unspecified atom stereocenters. The first-order valence-corrected chi connectivity index (χ1v) is 8.67. The fraction of sp³-hybridized carbons (Fsp3) is 0.286. The van der Waals surface area contributed by atoms with Crippen molar-refractivity contribution in [2.45, 2.75) is 25.4 Å². The minimum absolute atomic E-state index is 0.482. The van der Waals surface area contributed by atoms with Gasteiger partial charge in [0, 0.05) is 12.6 Å². The van der Waals surface area contributed by atoms with Crippen molar-refractivity contribution in [1.82, 2.24) is 9.97 Å². The van der Waals surface area contributed by atoms with E-state index >= 15 is 0 Å². The summed E-state index contributed by atoms with van der Waals surface area (Å²) in [7, 11) is 0. The van der Waals surface area contributed by atoms with Gasteiger partial charge in [0.15, 0.2) is 0 Å². The highest BCUT2D eigenvalue weighted by atomic mass is 32.1. The van der Waals surface area contributed by atoms with Crippen molar-refractivity contribution < 1.29 is 0 Å². The number of nitrogens with zero attached hydrogens (tertiary/aromatic N) is 3. The average molecular weight is 317 g/mol. The van der Waals surface area contributed by atoms with Crippen molar-refractivity contribution in [1.29, 1.82) is 0 Å². The number of nitrogen functional groups attached to an aromatic ring is 1. The largest absolute Gasteiger partial charge is 0.349 e. The molecule has 1 aliphatic rings. The third-order valence-electron chi connectivity index (χ3n) is 3.63. The molecule has 0 bridgehead atoms. The molecule has 4 rings (SSSR count). The Kier molecular flexibility index (Phi) is 3.25. The molecule has 3 aromatic rings. The van der Waals surface area contributed by atoms with Crippen LogP contribution < -0.4 is 16.2 Å². The van der Waals surface area contributed by atoms with Gasteiger partial charge in [0.2, 0.25) is 5.95 Å². The first kappa shape index (κ1) is 13.0. The summed E-state index contributed by atoms with van der Waals surface area (Å²) in [5.74, 6) is 6.99. The fourth-order valence-corrected chi connectivity index (χ4v) is 3.88. The van der Waals surface area contributed by atoms with Crippen LogP contribution in [0.2, 0.25) is 0 Å². The van der Waals surface area contributed by atoms with Crippen LogP contribution in [0.25, 0.3) is 10.2 Å². The molecule has 3 aromatic heterocycles. The molecule has 21 heavy (non-hydrogen) atoms. The van der Waals surface area contributed by atoms with Gasteiger partial charge in [0.25, 0.3) is 0 Å². The molecule has 0 aromatic carbocycles. The second-order valence-corrected chi connectivity index (χ2v) is 6.82. The van der Waals surface area contributed by atoms with Crippen molar-refractivity contribution in [2.24, 2.45) is 5.84 Å². The van der Waals surface area contributed by atoms with Crippen molar-refractivity contribution in [3.05, 3.63) is 33.8 Å². The van der Waals surface area contributed by atoms with Gasteiger partial charge in [0.05, 0.1) is 5.39 Å². The van der Waals surface area contributed by atoms with E-state index in [0.29, 0.717) is 12.0 Å². The van der Waals surface area contributed by atoms with E-state index < -0.39 is 0 Å². The van der Waals surface area contributed by atoms with E-state index in [4.69, 9.17) is 5.84 Å². The molecule has 0 spiro atoms. The minimum Gasteiger partial charge on any atom is -0.349 e. The fourth-order valence-electron chi connectivity index (χ4n) is 2.47. The van der Waals surface area contributed by atoms with Crippen LogP contribution in [0.3, 0.4) is 0 Å². The van der Waals surface area contributed by atoms with Gasteiger partial charge in [-0.15, -0.1) is 11.3 Å². The molecule has 0 aliphatic heterocycles. The highest BCUT2D eigenvalue weighted by Crippen LogP contribution is 2.37. The maximum Gasteiger partial charge on any atom is 0.240 e. The van der Waals surface area contributed by atoms with Crippen LogP contribution in [0.1, 0.15) is 18.4 Å². The van der Waals surface area contributed by atoms with E-state index in [0.717, 1.165) is 22.6 Å². The van der Waals surface area contributed by atoms with Crippen LogP contribution in [0.5, 0.6) is 0 Å². The highest BCUT2D eigenvalue weighted by molar-refractivity contribution is 7.16. The smallest absolute Gasteiger partial charge is 0.240 e. The molecule has 0 atom stereocenters. The Balaban J connectivity index is 1.79. The number of rotatable bonds is 5. The van der Waals surface area contributed by atoms with Crippen LogP contribution >= 0.6 is 22.7 Å². The van der Waals surface area contributed by atoms with Crippen LogP contribution in [0.4, 0.5) is 11.8 Å². The molecule has 7 heteroatoms. The summed E-state index contributed by atoms with van der Waals surface area (Å²) >= 11 is 3.35. The van der Waals surface area contributed by atoms with Crippen LogP contribution in [-0.4, -0.2) is 16.0 Å². The van der Waals surface area contributed by atoms with Gasteiger partial charge < -0.3 is 4.90 Å². The van der Waals surface area contributed by atoms with Gasteiger partial charge in [-0.3, -0.25) is 5.43 Å². The second-order valence-electron chi connectivity index (χ2n) is 5.15. The molecular weight excluding hydrogens is 302 g/mol. The van der Waals surface area contributed by atoms with E-state index in [9.17, 15) is 0 Å². The number of thiophene rings is 2. The molecule has 0 saturated heterocycles. The third kappa shape index (κ3) is 2.48. The summed E-state index contributed by atoms with van der Waals surface area (Å²) in [6.07, 6.45) is 2.45. The molecule has 3 heterocycles. The van der Waals surface area contributed by atoms with Gasteiger partial charge in [-0.1, -0.05) is 0 Å². The highest BCUT2D eigenvalue weighted by Gasteiger charge is 2.31. The molecule has 0 radical (unpaired) electrons. The SMILES string of the molecule is NNc1nc(N(Cc2ccsc2)C2CC2)c2ccsc2n1. The van der Waals surface area contributed by atoms with Crippen LogP contribution in [-0.2, 0) is 6.54 Å². The predicted molar refractivity (Wildman–Crippen MR) is 88.7 cm³/mol. The number of anilines is 2. The number of nitrogens with one attached hydrogen (secondary N) is 1. The maximum atomic E-state index is 5.52. The standard InChI is InChI=1S/C14H15N5S2/c15-18-14-16-12(11-4-6-21-13(11)17-14)19(10-1-2-10)7-9-3-5-20-8-9/h3-6,8,10H,1-2,7,15H2,(H,16,17,18). The molecular formula is C14H15N5S2. The topological polar surface area (TPSA) is 67.1 Å². The van der Waals surface area contributed by atoms with Gasteiger partial charge in [-0.25, -0.2) is 10.8 Å². The zero-order valence-electron chi connectivity index (χ0n) is 11.3. The van der Waals surface area contributed by atoms with E-state index in [1.807, 2.05) is 0 Å². The number of aromatic nitrogens is 2. The quantitative estimate of drug-likeness (QED) is 0.559. The van der Waals surface area contributed by atoms with Gasteiger partial charge in [-0.2, -0.15) is 16.3 Å². The second kappa shape index (κ2) is 5.25. The first-order valence-electron chi connectivity index (χ1n) is 6.85. The maximum absolute atomic E-state index is 5.52. The summed E-state index contributed by atoms with van der Waals surface area (Å²) < 4.78 is 0. The molecule has 1 saturated carbocycles. The summed E-state index contributed by atoms with van der Waals surface area (Å²) in [5, 5.41) is 7.48. The molecule has 1 fully saturated rings. The predicted octanol–water partition coefficient (Wildman–Crippen LogP) is 3.21. The Morgan fingerprint density at radius 2 is 2.19 bits per heavy atom. The molecule has 1 aliphatic carbocycles. The summed E-state index contributed by atoms with van der Waals surface area (Å²) in [6.45, 7) is 0.889. The monoisotopic (exact) mass is 317 g/mol. The number of hydrogen-bond acceptors (Lipinski definition) is 7. The number of hydrazine groups is 1. The van der Waals surface area contributed by atoms with E-state index in [2.05, 4.69) is 48.6 Å². The van der Waals surface area contributed by atoms with E-state index in [1.165, 1.54) is 18.4 Å². The normalized spacial score (nSPS) is 14.5. The lowest BCUT2D eigenvalue weighted by Crippen LogP contribution is -2.26. The summed E-state index contributed by atoms with van der Waals surface area (Å²) in [4.78, 5) is 12.4. The Morgan fingerprint density at radius 3 is 2.90 bits per heavy atom. The molecule has 108 valence electrons. The Labute approximate surface area is 130 Å². The lowest BCUT2D eigenvalue weighted by Gasteiger charge is -2.24. The molecule has 0 amide bonds. The zero-order valence-corrected chi connectivity index (χ0v) is 13.0. The van der Waals surface area contributed by atoms with Crippen molar-refractivity contribution in [3.8, 4) is 0 Å². The number of hydrogen-bond donors (Lipinski definition) is 2. The zero-order chi connectivity index (χ0) is 14.2.